The van der Waals surface area contributed by atoms with E-state index in [-0.39, 0.29) is 0 Å². The average Bonchev–Trinajstić information content (AvgIpc) is 3.28. The van der Waals surface area contributed by atoms with Crippen molar-refractivity contribution in [3.63, 3.8) is 0 Å². The van der Waals surface area contributed by atoms with Gasteiger partial charge in [-0.2, -0.15) is 0 Å². The van der Waals surface area contributed by atoms with Crippen molar-refractivity contribution < 1.29 is 18.7 Å². The number of aromatic nitrogens is 1. The highest BCUT2D eigenvalue weighted by atomic mass is 32.1. The molecule has 0 aliphatic rings. The van der Waals surface area contributed by atoms with Crippen molar-refractivity contribution in [3.8, 4) is 10.6 Å². The molecule has 1 amide bonds. The fraction of sp³-hybridized carbons (Fsp3) is 0.0455. The lowest BCUT2D eigenvalue weighted by molar-refractivity contribution is -0.119. The van der Waals surface area contributed by atoms with Crippen LogP contribution in [0.4, 0.5) is 10.1 Å². The summed E-state index contributed by atoms with van der Waals surface area (Å²) in [6.07, 6.45) is 0. The van der Waals surface area contributed by atoms with Crippen molar-refractivity contribution in [2.24, 2.45) is 0 Å². The molecule has 0 aliphatic heterocycles. The van der Waals surface area contributed by atoms with Gasteiger partial charge in [0.1, 0.15) is 5.82 Å². The summed E-state index contributed by atoms with van der Waals surface area (Å²) in [7, 11) is 0. The molecule has 0 saturated heterocycles. The fourth-order valence-corrected chi connectivity index (χ4v) is 3.52. The van der Waals surface area contributed by atoms with Crippen LogP contribution < -0.4 is 5.32 Å². The van der Waals surface area contributed by atoms with Gasteiger partial charge in [0.2, 0.25) is 0 Å². The molecule has 2 aromatic carbocycles. The van der Waals surface area contributed by atoms with Crippen LogP contribution in [0, 0.1) is 5.82 Å². The van der Waals surface area contributed by atoms with Crippen LogP contribution in [0.1, 0.15) is 10.4 Å². The maximum Gasteiger partial charge on any atom is 0.339 e. The number of ether oxygens (including phenoxy) is 1. The summed E-state index contributed by atoms with van der Waals surface area (Å²) >= 11 is 1.52. The van der Waals surface area contributed by atoms with Gasteiger partial charge in [0.05, 0.1) is 21.7 Å². The number of nitrogens with one attached hydrogen (secondary N) is 1. The minimum absolute atomic E-state index is 0.341. The number of carbonyl (C=O) groups excluding carboxylic acids is 2. The number of nitrogens with zero attached hydrogens (tertiary/aromatic N) is 1. The molecule has 0 bridgehead atoms. The molecule has 0 saturated carbocycles. The zero-order valence-corrected chi connectivity index (χ0v) is 15.9. The monoisotopic (exact) mass is 406 g/mol. The first kappa shape index (κ1) is 18.8. The van der Waals surface area contributed by atoms with Crippen molar-refractivity contribution in [2.75, 3.05) is 11.9 Å². The first-order valence-electron chi connectivity index (χ1n) is 8.76. The molecule has 2 heterocycles. The Kier molecular flexibility index (Phi) is 5.31. The summed E-state index contributed by atoms with van der Waals surface area (Å²) in [4.78, 5) is 30.3. The summed E-state index contributed by atoms with van der Waals surface area (Å²) < 4.78 is 18.2. The van der Waals surface area contributed by atoms with E-state index in [1.807, 2.05) is 35.7 Å². The predicted molar refractivity (Wildman–Crippen MR) is 110 cm³/mol. The highest BCUT2D eigenvalue weighted by Crippen LogP contribution is 2.28. The normalized spacial score (nSPS) is 10.7. The van der Waals surface area contributed by atoms with Crippen LogP contribution in [0.15, 0.2) is 72.1 Å². The predicted octanol–water partition coefficient (Wildman–Crippen LogP) is 4.90. The second kappa shape index (κ2) is 8.20. The number of pyridine rings is 1. The Morgan fingerprint density at radius 2 is 1.83 bits per heavy atom. The Hall–Kier alpha value is -3.58. The molecule has 0 aliphatic carbocycles. The maximum atomic E-state index is 12.9. The zero-order chi connectivity index (χ0) is 20.2. The number of halogens is 1. The summed E-state index contributed by atoms with van der Waals surface area (Å²) in [5.41, 5.74) is 2.10. The molecule has 29 heavy (non-hydrogen) atoms. The van der Waals surface area contributed by atoms with Gasteiger partial charge < -0.3 is 10.1 Å². The van der Waals surface area contributed by atoms with Gasteiger partial charge in [-0.3, -0.25) is 4.79 Å². The van der Waals surface area contributed by atoms with Crippen molar-refractivity contribution in [2.45, 2.75) is 0 Å². The van der Waals surface area contributed by atoms with E-state index in [0.29, 0.717) is 27.8 Å². The number of anilines is 1. The SMILES string of the molecule is O=C(COC(=O)c1cc(-c2cccs2)nc2ccccc12)Nc1ccc(F)cc1. The molecule has 5 nitrogen and oxygen atoms in total. The number of carbonyl (C=O) groups is 2. The highest BCUT2D eigenvalue weighted by Gasteiger charge is 2.17. The molecule has 0 atom stereocenters. The number of esters is 1. The maximum absolute atomic E-state index is 12.9. The molecule has 7 heteroatoms. The van der Waals surface area contributed by atoms with E-state index >= 15 is 0 Å². The van der Waals surface area contributed by atoms with Gasteiger partial charge in [-0.1, -0.05) is 24.3 Å². The molecule has 4 aromatic rings. The lowest BCUT2D eigenvalue weighted by Crippen LogP contribution is -2.21. The molecule has 2 aromatic heterocycles. The lowest BCUT2D eigenvalue weighted by atomic mass is 10.1. The smallest absolute Gasteiger partial charge is 0.339 e. The largest absolute Gasteiger partial charge is 0.452 e. The second-order valence-electron chi connectivity index (χ2n) is 6.18. The molecule has 0 unspecified atom stereocenters. The third-order valence-corrected chi connectivity index (χ3v) is 5.06. The molecule has 0 spiro atoms. The summed E-state index contributed by atoms with van der Waals surface area (Å²) in [6.45, 7) is -0.457. The van der Waals surface area contributed by atoms with Crippen molar-refractivity contribution >= 4 is 39.8 Å². The molecule has 1 N–H and O–H groups in total. The van der Waals surface area contributed by atoms with E-state index in [0.717, 1.165) is 4.88 Å². The van der Waals surface area contributed by atoms with Crippen molar-refractivity contribution in [3.05, 3.63) is 83.5 Å². The molecule has 4 rings (SSSR count). The van der Waals surface area contributed by atoms with Gasteiger partial charge in [0, 0.05) is 11.1 Å². The van der Waals surface area contributed by atoms with Crippen LogP contribution in [0.2, 0.25) is 0 Å². The lowest BCUT2D eigenvalue weighted by Gasteiger charge is -2.10. The van der Waals surface area contributed by atoms with E-state index < -0.39 is 24.3 Å². The Balaban J connectivity index is 1.53. The average molecular weight is 406 g/mol. The summed E-state index contributed by atoms with van der Waals surface area (Å²) in [5.74, 6) is -1.53. The Labute approximate surface area is 169 Å². The number of para-hydroxylation sites is 1. The number of amides is 1. The van der Waals surface area contributed by atoms with Gasteiger partial charge in [0.15, 0.2) is 6.61 Å². The third kappa shape index (κ3) is 4.30. The van der Waals surface area contributed by atoms with Gasteiger partial charge in [-0.15, -0.1) is 11.3 Å². The number of rotatable bonds is 5. The zero-order valence-electron chi connectivity index (χ0n) is 15.1. The third-order valence-electron chi connectivity index (χ3n) is 4.17. The first-order chi connectivity index (χ1) is 14.1. The Bertz CT molecular complexity index is 1170. The minimum Gasteiger partial charge on any atom is -0.452 e. The number of hydrogen-bond acceptors (Lipinski definition) is 5. The van der Waals surface area contributed by atoms with Crippen LogP contribution in [0.3, 0.4) is 0 Å². The number of hydrogen-bond donors (Lipinski definition) is 1. The van der Waals surface area contributed by atoms with E-state index in [2.05, 4.69) is 10.3 Å². The van der Waals surface area contributed by atoms with E-state index in [1.54, 1.807) is 12.1 Å². The Morgan fingerprint density at radius 3 is 2.59 bits per heavy atom. The second-order valence-corrected chi connectivity index (χ2v) is 7.13. The van der Waals surface area contributed by atoms with Gasteiger partial charge in [-0.05, 0) is 47.8 Å². The van der Waals surface area contributed by atoms with Crippen molar-refractivity contribution in [1.29, 1.82) is 0 Å². The summed E-state index contributed by atoms with van der Waals surface area (Å²) in [6, 6.07) is 18.1. The van der Waals surface area contributed by atoms with Gasteiger partial charge >= 0.3 is 5.97 Å². The molecular formula is C22H15FN2O3S. The van der Waals surface area contributed by atoms with Crippen LogP contribution in [-0.4, -0.2) is 23.5 Å². The standard InChI is InChI=1S/C22H15FN2O3S/c23-14-7-9-15(10-8-14)24-21(26)13-28-22(27)17-12-19(20-6-3-11-29-20)25-18-5-2-1-4-16(17)18/h1-12H,13H2,(H,24,26). The van der Waals surface area contributed by atoms with E-state index in [4.69, 9.17) is 4.74 Å². The van der Waals surface area contributed by atoms with Crippen molar-refractivity contribution in [1.82, 2.24) is 4.98 Å². The quantitative estimate of drug-likeness (QED) is 0.479. The van der Waals surface area contributed by atoms with Gasteiger partial charge in [-0.25, -0.2) is 14.2 Å². The molecule has 0 fully saturated rings. The number of thiophene rings is 1. The topological polar surface area (TPSA) is 68.3 Å². The van der Waals surface area contributed by atoms with Crippen LogP contribution >= 0.6 is 11.3 Å². The fourth-order valence-electron chi connectivity index (χ4n) is 2.83. The molecular weight excluding hydrogens is 391 g/mol. The first-order valence-corrected chi connectivity index (χ1v) is 9.64. The Morgan fingerprint density at radius 1 is 1.03 bits per heavy atom. The number of fused-ring (bicyclic) bond motifs is 1. The molecule has 144 valence electrons. The van der Waals surface area contributed by atoms with Crippen LogP contribution in [0.5, 0.6) is 0 Å². The molecule has 0 radical (unpaired) electrons. The van der Waals surface area contributed by atoms with Gasteiger partial charge in [0.25, 0.3) is 5.91 Å². The van der Waals surface area contributed by atoms with Crippen LogP contribution in [0.25, 0.3) is 21.5 Å². The minimum atomic E-state index is -0.615. The van der Waals surface area contributed by atoms with E-state index in [1.165, 1.54) is 35.6 Å². The van der Waals surface area contributed by atoms with Crippen LogP contribution in [-0.2, 0) is 9.53 Å². The highest BCUT2D eigenvalue weighted by molar-refractivity contribution is 7.13. The number of benzene rings is 2. The summed E-state index contributed by atoms with van der Waals surface area (Å²) in [5, 5.41) is 5.14. The van der Waals surface area contributed by atoms with E-state index in [9.17, 15) is 14.0 Å².